The lowest BCUT2D eigenvalue weighted by molar-refractivity contribution is -0.124. The Morgan fingerprint density at radius 2 is 1.57 bits per heavy atom. The number of ketones is 1. The molecular formula is C30H37N3O7. The van der Waals surface area contributed by atoms with E-state index in [1.165, 1.54) is 6.92 Å². The molecule has 2 aromatic carbocycles. The lowest BCUT2D eigenvalue weighted by Gasteiger charge is -2.24. The molecule has 0 saturated carbocycles. The molecule has 0 radical (unpaired) electrons. The largest absolute Gasteiger partial charge is 0.494 e. The van der Waals surface area contributed by atoms with E-state index in [0.717, 1.165) is 11.1 Å². The molecule has 0 aliphatic heterocycles. The molecule has 0 aliphatic rings. The van der Waals surface area contributed by atoms with Gasteiger partial charge in [-0.25, -0.2) is 0 Å². The molecule has 2 atom stereocenters. The fraction of sp³-hybridized carbons (Fsp3) is 0.367. The van der Waals surface area contributed by atoms with Gasteiger partial charge in [0.1, 0.15) is 0 Å². The third-order valence-electron chi connectivity index (χ3n) is 6.73. The Morgan fingerprint density at radius 1 is 0.900 bits per heavy atom. The molecule has 0 saturated heterocycles. The number of H-pyrrole nitrogens is 1. The Morgan fingerprint density at radius 3 is 2.15 bits per heavy atom. The van der Waals surface area contributed by atoms with Crippen LogP contribution < -0.4 is 20.1 Å². The van der Waals surface area contributed by atoms with Crippen LogP contribution in [0, 0.1) is 12.8 Å². The maximum atomic E-state index is 13.2. The van der Waals surface area contributed by atoms with Crippen molar-refractivity contribution in [3.05, 3.63) is 70.8 Å². The number of carbonyl (C=O) groups excluding carboxylic acids is 3. The second-order valence-electron chi connectivity index (χ2n) is 9.90. The van der Waals surface area contributed by atoms with Gasteiger partial charge in [-0.05, 0) is 42.5 Å². The van der Waals surface area contributed by atoms with Crippen molar-refractivity contribution < 1.29 is 34.1 Å². The molecule has 10 nitrogen and oxygen atoms in total. The summed E-state index contributed by atoms with van der Waals surface area (Å²) in [6.45, 7) is 5.04. The van der Waals surface area contributed by atoms with Crippen LogP contribution in [0.4, 0.5) is 0 Å². The molecule has 2 amide bonds. The Hall–Kier alpha value is -4.47. The minimum Gasteiger partial charge on any atom is -0.494 e. The van der Waals surface area contributed by atoms with Gasteiger partial charge in [0.15, 0.2) is 23.2 Å². The number of methoxy groups -OCH3 is 2. The normalized spacial score (nSPS) is 12.4. The molecule has 1 aromatic heterocycles. The number of aromatic amines is 1. The van der Waals surface area contributed by atoms with Crippen LogP contribution in [0.1, 0.15) is 59.8 Å². The van der Waals surface area contributed by atoms with Gasteiger partial charge in [-0.15, -0.1) is 0 Å². The van der Waals surface area contributed by atoms with Crippen molar-refractivity contribution in [2.24, 2.45) is 5.92 Å². The zero-order chi connectivity index (χ0) is 29.4. The molecule has 0 spiro atoms. The van der Waals surface area contributed by atoms with Gasteiger partial charge in [-0.1, -0.05) is 50.2 Å². The Bertz CT molecular complexity index is 1330. The third-order valence-corrected chi connectivity index (χ3v) is 6.73. The van der Waals surface area contributed by atoms with Crippen LogP contribution in [0.25, 0.3) is 0 Å². The summed E-state index contributed by atoms with van der Waals surface area (Å²) < 4.78 is 10.6. The second kappa shape index (κ2) is 13.5. The first-order valence-corrected chi connectivity index (χ1v) is 13.0. The molecule has 0 aliphatic carbocycles. The van der Waals surface area contributed by atoms with Crippen LogP contribution in [0.15, 0.2) is 48.5 Å². The minimum atomic E-state index is -0.954. The van der Waals surface area contributed by atoms with Gasteiger partial charge >= 0.3 is 0 Å². The molecule has 5 N–H and O–H groups in total. The van der Waals surface area contributed by atoms with E-state index in [0.29, 0.717) is 17.9 Å². The van der Waals surface area contributed by atoms with Gasteiger partial charge in [0.2, 0.25) is 17.7 Å². The number of benzene rings is 2. The molecule has 3 aromatic rings. The Kier molecular flexibility index (Phi) is 10.2. The topological polar surface area (TPSA) is 150 Å². The van der Waals surface area contributed by atoms with Gasteiger partial charge in [-0.2, -0.15) is 0 Å². The lowest BCUT2D eigenvalue weighted by Crippen LogP contribution is -2.45. The number of aromatic hydroxyl groups is 2. The number of hydrogen-bond donors (Lipinski definition) is 5. The fourth-order valence-corrected chi connectivity index (χ4v) is 4.47. The van der Waals surface area contributed by atoms with E-state index >= 15 is 0 Å². The first kappa shape index (κ1) is 30.1. The van der Waals surface area contributed by atoms with Crippen molar-refractivity contribution >= 4 is 17.6 Å². The highest BCUT2D eigenvalue weighted by Crippen LogP contribution is 2.31. The van der Waals surface area contributed by atoms with E-state index in [-0.39, 0.29) is 41.7 Å². The molecule has 40 heavy (non-hydrogen) atoms. The highest BCUT2D eigenvalue weighted by molar-refractivity contribution is 6.05. The number of amides is 2. The summed E-state index contributed by atoms with van der Waals surface area (Å²) in [7, 11) is 3.10. The standard InChI is InChI=1S/C30H37N3O7/c1-17(2)27(28(36)26-18(3)29(37)33-30(26)38)32-25(35)16-21(20-9-7-6-8-10-20)31-24(34)14-12-19-11-13-22(39-4)23(15-19)40-5/h6-11,13,15,17,21,27,33,37-38H,12,14,16H2,1-5H3,(H,31,34)(H,32,35)/t21-,27-/m0/s1. The quantitative estimate of drug-likeness (QED) is 0.202. The summed E-state index contributed by atoms with van der Waals surface area (Å²) in [6.07, 6.45) is 0.533. The first-order chi connectivity index (χ1) is 19.0. The monoisotopic (exact) mass is 551 g/mol. The lowest BCUT2D eigenvalue weighted by atomic mass is 9.93. The Labute approximate surface area is 233 Å². The Balaban J connectivity index is 1.71. The first-order valence-electron chi connectivity index (χ1n) is 13.0. The van der Waals surface area contributed by atoms with Crippen molar-refractivity contribution in [3.63, 3.8) is 0 Å². The van der Waals surface area contributed by atoms with Crippen molar-refractivity contribution in [1.82, 2.24) is 15.6 Å². The van der Waals surface area contributed by atoms with Gasteiger partial charge in [-0.3, -0.25) is 19.4 Å². The average molecular weight is 552 g/mol. The summed E-state index contributed by atoms with van der Waals surface area (Å²) in [5, 5.41) is 25.7. The molecule has 0 fully saturated rings. The summed E-state index contributed by atoms with van der Waals surface area (Å²) in [5.41, 5.74) is 1.77. The van der Waals surface area contributed by atoms with E-state index in [1.807, 2.05) is 42.5 Å². The van der Waals surface area contributed by atoms with Crippen LogP contribution in [0.3, 0.4) is 0 Å². The number of aryl methyl sites for hydroxylation is 1. The molecule has 10 heteroatoms. The molecular weight excluding hydrogens is 514 g/mol. The van der Waals surface area contributed by atoms with Gasteiger partial charge in [0, 0.05) is 12.0 Å². The van der Waals surface area contributed by atoms with Gasteiger partial charge in [0.25, 0.3) is 0 Å². The summed E-state index contributed by atoms with van der Waals surface area (Å²) in [4.78, 5) is 41.7. The van der Waals surface area contributed by atoms with E-state index in [1.54, 1.807) is 34.1 Å². The number of Topliss-reactive ketones (excluding diaryl/α,β-unsaturated/α-hetero) is 1. The molecule has 0 unspecified atom stereocenters. The van der Waals surface area contributed by atoms with E-state index < -0.39 is 29.7 Å². The SMILES string of the molecule is COc1ccc(CCC(=O)N[C@@H](CC(=O)N[C@H](C(=O)c2c(O)[nH]c(O)c2C)C(C)C)c2ccccc2)cc1OC. The minimum absolute atomic E-state index is 0.0698. The predicted octanol–water partition coefficient (Wildman–Crippen LogP) is 3.96. The third kappa shape index (κ3) is 7.34. The van der Waals surface area contributed by atoms with Gasteiger partial charge in [0.05, 0.1) is 38.3 Å². The van der Waals surface area contributed by atoms with Crippen molar-refractivity contribution in [2.75, 3.05) is 14.2 Å². The maximum Gasteiger partial charge on any atom is 0.223 e. The predicted molar refractivity (Wildman–Crippen MR) is 150 cm³/mol. The van der Waals surface area contributed by atoms with E-state index in [9.17, 15) is 24.6 Å². The zero-order valence-corrected chi connectivity index (χ0v) is 23.4. The summed E-state index contributed by atoms with van der Waals surface area (Å²) >= 11 is 0. The number of ether oxygens (including phenoxy) is 2. The average Bonchev–Trinajstić information content (AvgIpc) is 3.20. The summed E-state index contributed by atoms with van der Waals surface area (Å²) in [6, 6.07) is 13.0. The maximum absolute atomic E-state index is 13.2. The number of hydrogen-bond acceptors (Lipinski definition) is 7. The molecule has 0 bridgehead atoms. The van der Waals surface area contributed by atoms with Crippen LogP contribution in [-0.4, -0.2) is 53.1 Å². The smallest absolute Gasteiger partial charge is 0.223 e. The number of aromatic nitrogens is 1. The van der Waals surface area contributed by atoms with Crippen LogP contribution in [0.5, 0.6) is 23.3 Å². The van der Waals surface area contributed by atoms with Crippen LogP contribution in [-0.2, 0) is 16.0 Å². The number of nitrogens with one attached hydrogen (secondary N) is 3. The van der Waals surface area contributed by atoms with Crippen molar-refractivity contribution in [3.8, 4) is 23.3 Å². The highest BCUT2D eigenvalue weighted by atomic mass is 16.5. The second-order valence-corrected chi connectivity index (χ2v) is 9.90. The highest BCUT2D eigenvalue weighted by Gasteiger charge is 2.31. The van der Waals surface area contributed by atoms with Crippen molar-refractivity contribution in [1.29, 1.82) is 0 Å². The van der Waals surface area contributed by atoms with E-state index in [2.05, 4.69) is 15.6 Å². The van der Waals surface area contributed by atoms with Gasteiger partial charge < -0.3 is 30.3 Å². The van der Waals surface area contributed by atoms with Crippen LogP contribution >= 0.6 is 0 Å². The number of rotatable bonds is 13. The van der Waals surface area contributed by atoms with E-state index in [4.69, 9.17) is 9.47 Å². The molecule has 1 heterocycles. The fourth-order valence-electron chi connectivity index (χ4n) is 4.47. The summed E-state index contributed by atoms with van der Waals surface area (Å²) in [5.74, 6) is -1.11. The zero-order valence-electron chi connectivity index (χ0n) is 23.4. The number of carbonyl (C=O) groups is 3. The van der Waals surface area contributed by atoms with Crippen LogP contribution in [0.2, 0.25) is 0 Å². The molecule has 3 rings (SSSR count). The molecule has 214 valence electrons. The van der Waals surface area contributed by atoms with Crippen molar-refractivity contribution in [2.45, 2.75) is 52.1 Å².